The van der Waals surface area contributed by atoms with Gasteiger partial charge >= 0.3 is 0 Å². The summed E-state index contributed by atoms with van der Waals surface area (Å²) >= 11 is 0. The lowest BCUT2D eigenvalue weighted by Crippen LogP contribution is -2.29. The molecular formula is C3H2NO2-. The summed E-state index contributed by atoms with van der Waals surface area (Å²) in [5.41, 5.74) is 0. The van der Waals surface area contributed by atoms with E-state index in [1.807, 2.05) is 0 Å². The first-order valence-corrected chi connectivity index (χ1v) is 1.56. The molecule has 1 aliphatic heterocycles. The molecule has 0 saturated carbocycles. The van der Waals surface area contributed by atoms with Crippen LogP contribution in [0.2, 0.25) is 0 Å². The number of amides is 1. The summed E-state index contributed by atoms with van der Waals surface area (Å²) in [4.78, 5) is 12.7. The predicted molar refractivity (Wildman–Crippen MR) is 17.1 cm³/mol. The van der Waals surface area contributed by atoms with E-state index in [-0.39, 0.29) is 18.2 Å². The smallest absolute Gasteiger partial charge is 0.249 e. The molecule has 1 heterocycles. The molecule has 0 aliphatic carbocycles. The summed E-state index contributed by atoms with van der Waals surface area (Å²) < 4.78 is 0. The van der Waals surface area contributed by atoms with E-state index in [2.05, 4.69) is 4.99 Å². The number of rotatable bonds is 0. The molecule has 3 heteroatoms. The third kappa shape index (κ3) is 0.282. The number of hydrogen-bond acceptors (Lipinski definition) is 2. The van der Waals surface area contributed by atoms with Crippen LogP contribution in [-0.2, 0) is 4.79 Å². The van der Waals surface area contributed by atoms with Crippen LogP contribution in [0.5, 0.6) is 0 Å². The van der Waals surface area contributed by atoms with Gasteiger partial charge < -0.3 is 5.11 Å². The molecule has 0 radical (unpaired) electrons. The SMILES string of the molecule is O=C1CC([O-])=N1. The molecule has 6 heavy (non-hydrogen) atoms. The van der Waals surface area contributed by atoms with E-state index in [1.165, 1.54) is 0 Å². The summed E-state index contributed by atoms with van der Waals surface area (Å²) in [6, 6.07) is 0. The van der Waals surface area contributed by atoms with Crippen molar-refractivity contribution in [3.63, 3.8) is 0 Å². The molecule has 3 nitrogen and oxygen atoms in total. The maximum Gasteiger partial charge on any atom is 0.249 e. The number of nitrogens with zero attached hydrogens (tertiary/aromatic N) is 1. The highest BCUT2D eigenvalue weighted by Crippen LogP contribution is 1.95. The number of carbonyl (C=O) groups excluding carboxylic acids is 1. The van der Waals surface area contributed by atoms with E-state index in [4.69, 9.17) is 0 Å². The van der Waals surface area contributed by atoms with Crippen LogP contribution >= 0.6 is 0 Å². The van der Waals surface area contributed by atoms with Gasteiger partial charge in [-0.1, -0.05) is 0 Å². The van der Waals surface area contributed by atoms with Crippen LogP contribution in [0.25, 0.3) is 0 Å². The fourth-order valence-corrected chi connectivity index (χ4v) is 0.256. The van der Waals surface area contributed by atoms with Crippen LogP contribution in [0.3, 0.4) is 0 Å². The Morgan fingerprint density at radius 3 is 2.33 bits per heavy atom. The maximum absolute atomic E-state index is 9.72. The molecule has 0 spiro atoms. The van der Waals surface area contributed by atoms with Crippen molar-refractivity contribution in [1.82, 2.24) is 0 Å². The van der Waals surface area contributed by atoms with Crippen LogP contribution in [0, 0.1) is 0 Å². The molecule has 1 rings (SSSR count). The molecule has 32 valence electrons. The second-order valence-corrected chi connectivity index (χ2v) is 1.08. The van der Waals surface area contributed by atoms with Gasteiger partial charge in [0.25, 0.3) is 0 Å². The summed E-state index contributed by atoms with van der Waals surface area (Å²) in [6.07, 6.45) is 0.0278. The Bertz CT molecular complexity index is 116. The van der Waals surface area contributed by atoms with Gasteiger partial charge in [0.15, 0.2) is 0 Å². The Morgan fingerprint density at radius 2 is 2.33 bits per heavy atom. The van der Waals surface area contributed by atoms with Gasteiger partial charge in [-0.05, 0) is 5.90 Å². The van der Waals surface area contributed by atoms with Gasteiger partial charge in [-0.25, -0.2) is 4.99 Å². The van der Waals surface area contributed by atoms with E-state index < -0.39 is 0 Å². The fourth-order valence-electron chi connectivity index (χ4n) is 0.256. The Hall–Kier alpha value is -0.860. The van der Waals surface area contributed by atoms with E-state index in [1.54, 1.807) is 0 Å². The van der Waals surface area contributed by atoms with Crippen molar-refractivity contribution < 1.29 is 9.90 Å². The monoisotopic (exact) mass is 84.0 g/mol. The standard InChI is InChI=1S/C3H3NO2/c5-2-1-3(6)4-2/h1H2,(H,4,5,6)/p-1. The highest BCUT2D eigenvalue weighted by molar-refractivity contribution is 6.09. The molecule has 0 bridgehead atoms. The summed E-state index contributed by atoms with van der Waals surface area (Å²) in [5, 5.41) is 9.72. The summed E-state index contributed by atoms with van der Waals surface area (Å²) in [6.45, 7) is 0. The van der Waals surface area contributed by atoms with Gasteiger partial charge in [-0.15, -0.1) is 0 Å². The van der Waals surface area contributed by atoms with E-state index in [9.17, 15) is 9.90 Å². The first kappa shape index (κ1) is 3.33. The first-order valence-electron chi connectivity index (χ1n) is 1.56. The minimum absolute atomic E-state index is 0.0278. The molecule has 1 aliphatic rings. The topological polar surface area (TPSA) is 52.5 Å². The zero-order valence-electron chi connectivity index (χ0n) is 2.97. The lowest BCUT2D eigenvalue weighted by molar-refractivity contribution is -0.222. The van der Waals surface area contributed by atoms with Gasteiger partial charge in [-0.2, -0.15) is 0 Å². The molecular weight excluding hydrogens is 82.0 g/mol. The minimum atomic E-state index is -0.292. The average molecular weight is 84.1 g/mol. The molecule has 0 fully saturated rings. The first-order chi connectivity index (χ1) is 2.79. The van der Waals surface area contributed by atoms with E-state index in [0.29, 0.717) is 0 Å². The largest absolute Gasteiger partial charge is 0.861 e. The lowest BCUT2D eigenvalue weighted by Gasteiger charge is -2.13. The van der Waals surface area contributed by atoms with Gasteiger partial charge in [0, 0.05) is 0 Å². The van der Waals surface area contributed by atoms with Gasteiger partial charge in [0.2, 0.25) is 5.91 Å². The number of aliphatic imine (C=N–C) groups is 1. The summed E-state index contributed by atoms with van der Waals surface area (Å²) in [5.74, 6) is -0.583. The Balaban J connectivity index is 2.68. The Labute approximate surface area is 34.3 Å². The van der Waals surface area contributed by atoms with Crippen LogP contribution in [0.15, 0.2) is 4.99 Å². The van der Waals surface area contributed by atoms with Gasteiger partial charge in [-0.3, -0.25) is 4.79 Å². The van der Waals surface area contributed by atoms with Crippen molar-refractivity contribution in [2.24, 2.45) is 4.99 Å². The fraction of sp³-hybridized carbons (Fsp3) is 0.333. The van der Waals surface area contributed by atoms with Crippen molar-refractivity contribution in [2.75, 3.05) is 0 Å². The normalized spacial score (nSPS) is 19.3. The molecule has 0 saturated heterocycles. The third-order valence-electron chi connectivity index (χ3n) is 0.552. The van der Waals surface area contributed by atoms with Crippen LogP contribution in [0.1, 0.15) is 6.42 Å². The van der Waals surface area contributed by atoms with E-state index in [0.717, 1.165) is 0 Å². The highest BCUT2D eigenvalue weighted by atomic mass is 16.3. The third-order valence-corrected chi connectivity index (χ3v) is 0.552. The highest BCUT2D eigenvalue weighted by Gasteiger charge is 2.05. The zero-order valence-corrected chi connectivity index (χ0v) is 2.97. The van der Waals surface area contributed by atoms with Crippen molar-refractivity contribution in [2.45, 2.75) is 6.42 Å². The molecule has 0 aromatic carbocycles. The van der Waals surface area contributed by atoms with Gasteiger partial charge in [0.1, 0.15) is 0 Å². The second kappa shape index (κ2) is 0.801. The number of carbonyl (C=O) groups is 1. The van der Waals surface area contributed by atoms with E-state index >= 15 is 0 Å². The lowest BCUT2D eigenvalue weighted by atomic mass is 10.3. The minimum Gasteiger partial charge on any atom is -0.861 e. The molecule has 1 amide bonds. The second-order valence-electron chi connectivity index (χ2n) is 1.08. The quantitative estimate of drug-likeness (QED) is 0.365. The van der Waals surface area contributed by atoms with Gasteiger partial charge in [0.05, 0.1) is 6.42 Å². The van der Waals surface area contributed by atoms with Crippen molar-refractivity contribution >= 4 is 11.8 Å². The molecule has 0 N–H and O–H groups in total. The van der Waals surface area contributed by atoms with Crippen molar-refractivity contribution in [3.05, 3.63) is 0 Å². The van der Waals surface area contributed by atoms with Crippen molar-refractivity contribution in [3.8, 4) is 0 Å². The van der Waals surface area contributed by atoms with Crippen LogP contribution < -0.4 is 5.11 Å². The van der Waals surface area contributed by atoms with Crippen LogP contribution in [-0.4, -0.2) is 11.8 Å². The number of hydrogen-bond donors (Lipinski definition) is 0. The van der Waals surface area contributed by atoms with Crippen LogP contribution in [0.4, 0.5) is 0 Å². The maximum atomic E-state index is 9.72. The Kier molecular flexibility index (Phi) is 0.445. The zero-order chi connectivity index (χ0) is 4.57. The Morgan fingerprint density at radius 1 is 1.83 bits per heavy atom. The van der Waals surface area contributed by atoms with Crippen molar-refractivity contribution in [1.29, 1.82) is 0 Å². The average Bonchev–Trinajstić information content (AvgIpc) is 1.33. The summed E-state index contributed by atoms with van der Waals surface area (Å²) in [7, 11) is 0. The molecule has 0 unspecified atom stereocenters. The molecule has 0 aromatic heterocycles. The predicted octanol–water partition coefficient (Wildman–Crippen LogP) is -1.32. The molecule has 0 aromatic rings. The molecule has 0 atom stereocenters.